The minimum atomic E-state index is -4.63. The fourth-order valence-corrected chi connectivity index (χ4v) is 1.83. The Balaban J connectivity index is 2.52. The number of alkyl halides is 3. The van der Waals surface area contributed by atoms with Crippen molar-refractivity contribution in [1.29, 1.82) is 0 Å². The largest absolute Gasteiger partial charge is 0.468 e. The first-order valence-corrected chi connectivity index (χ1v) is 6.09. The summed E-state index contributed by atoms with van der Waals surface area (Å²) >= 11 is 0. The van der Waals surface area contributed by atoms with Crippen molar-refractivity contribution in [2.75, 3.05) is 26.8 Å². The molecule has 1 aliphatic rings. The smallest absolute Gasteiger partial charge is 0.422 e. The summed E-state index contributed by atoms with van der Waals surface area (Å²) in [5.41, 5.74) is 0. The number of rotatable bonds is 4. The number of hydrogen-bond acceptors (Lipinski definition) is 5. The molecule has 1 aliphatic heterocycles. The molecule has 1 fully saturated rings. The maximum absolute atomic E-state index is 12.0. The summed E-state index contributed by atoms with van der Waals surface area (Å²) in [6.07, 6.45) is -5.09. The van der Waals surface area contributed by atoms with Crippen LogP contribution in [0.3, 0.4) is 0 Å². The third-order valence-electron chi connectivity index (χ3n) is 2.78. The highest BCUT2D eigenvalue weighted by Gasteiger charge is 2.37. The maximum atomic E-state index is 12.0. The van der Waals surface area contributed by atoms with Gasteiger partial charge in [-0.3, -0.25) is 14.5 Å². The second-order valence-corrected chi connectivity index (χ2v) is 4.32. The van der Waals surface area contributed by atoms with Crippen LogP contribution in [0.5, 0.6) is 0 Å². The fourth-order valence-electron chi connectivity index (χ4n) is 1.83. The van der Waals surface area contributed by atoms with Crippen molar-refractivity contribution in [2.45, 2.75) is 25.1 Å². The molecule has 7 nitrogen and oxygen atoms in total. The number of carbonyl (C=O) groups excluding carboxylic acids is 3. The van der Waals surface area contributed by atoms with E-state index < -0.39 is 36.8 Å². The molecule has 0 bridgehead atoms. The first-order chi connectivity index (χ1) is 9.74. The molecule has 0 aromatic heterocycles. The lowest BCUT2D eigenvalue weighted by molar-refractivity contribution is -0.162. The molecule has 1 unspecified atom stereocenters. The molecule has 0 aliphatic carbocycles. The Bertz CT molecular complexity index is 413. The lowest BCUT2D eigenvalue weighted by Crippen LogP contribution is -2.47. The number of carbonyl (C=O) groups is 3. The number of hydrogen-bond donors (Lipinski definition) is 1. The van der Waals surface area contributed by atoms with Gasteiger partial charge in [-0.1, -0.05) is 0 Å². The molecule has 0 spiro atoms. The summed E-state index contributed by atoms with van der Waals surface area (Å²) in [7, 11) is 1.14. The summed E-state index contributed by atoms with van der Waals surface area (Å²) in [5, 5.41) is 2.25. The molecule has 1 rings (SSSR count). The van der Waals surface area contributed by atoms with Crippen molar-refractivity contribution in [3.8, 4) is 0 Å². The highest BCUT2D eigenvalue weighted by atomic mass is 19.4. The second-order valence-electron chi connectivity index (χ2n) is 4.32. The molecule has 1 atom stereocenters. The second kappa shape index (κ2) is 7.14. The molecular formula is C11H15F3N2O5. The van der Waals surface area contributed by atoms with Gasteiger partial charge in [-0.05, 0) is 12.8 Å². The standard InChI is InChI=1S/C11H15F3N2O5/c1-20-8(17)5-15-9(18)7-3-2-4-16(7)10(19)21-6-11(12,13)14/h7H,2-6H2,1H3,(H,15,18). The number of halogens is 3. The average molecular weight is 312 g/mol. The quantitative estimate of drug-likeness (QED) is 0.761. The number of nitrogens with zero attached hydrogens (tertiary/aromatic N) is 1. The number of methoxy groups -OCH3 is 1. The van der Waals surface area contributed by atoms with E-state index >= 15 is 0 Å². The van der Waals surface area contributed by atoms with E-state index in [1.165, 1.54) is 0 Å². The molecule has 1 saturated heterocycles. The van der Waals surface area contributed by atoms with Crippen molar-refractivity contribution in [3.63, 3.8) is 0 Å². The van der Waals surface area contributed by atoms with Gasteiger partial charge in [-0.25, -0.2) is 4.79 Å². The van der Waals surface area contributed by atoms with Crippen molar-refractivity contribution in [3.05, 3.63) is 0 Å². The number of esters is 1. The highest BCUT2D eigenvalue weighted by Crippen LogP contribution is 2.20. The summed E-state index contributed by atoms with van der Waals surface area (Å²) in [5.74, 6) is -1.31. The highest BCUT2D eigenvalue weighted by molar-refractivity contribution is 5.88. The number of ether oxygens (including phenoxy) is 2. The van der Waals surface area contributed by atoms with E-state index in [4.69, 9.17) is 0 Å². The van der Waals surface area contributed by atoms with E-state index in [0.29, 0.717) is 6.42 Å². The normalized spacial score (nSPS) is 18.3. The monoisotopic (exact) mass is 312 g/mol. The fraction of sp³-hybridized carbons (Fsp3) is 0.727. The van der Waals surface area contributed by atoms with Crippen molar-refractivity contribution < 1.29 is 37.0 Å². The number of amides is 2. The maximum Gasteiger partial charge on any atom is 0.422 e. The van der Waals surface area contributed by atoms with Crippen LogP contribution in [0.2, 0.25) is 0 Å². The molecule has 2 amide bonds. The first kappa shape index (κ1) is 17.1. The summed E-state index contributed by atoms with van der Waals surface area (Å²) in [6.45, 7) is -1.97. The Morgan fingerprint density at radius 2 is 2.00 bits per heavy atom. The van der Waals surface area contributed by atoms with Crippen LogP contribution in [-0.4, -0.2) is 61.9 Å². The van der Waals surface area contributed by atoms with Crippen molar-refractivity contribution >= 4 is 18.0 Å². The van der Waals surface area contributed by atoms with Crippen LogP contribution in [0.4, 0.5) is 18.0 Å². The van der Waals surface area contributed by atoms with Gasteiger partial charge in [0.15, 0.2) is 6.61 Å². The predicted molar refractivity (Wildman–Crippen MR) is 62.2 cm³/mol. The molecule has 10 heteroatoms. The van der Waals surface area contributed by atoms with Crippen LogP contribution in [0, 0.1) is 0 Å². The molecule has 1 heterocycles. The lowest BCUT2D eigenvalue weighted by Gasteiger charge is -2.23. The van der Waals surface area contributed by atoms with Gasteiger partial charge in [0.1, 0.15) is 12.6 Å². The SMILES string of the molecule is COC(=O)CNC(=O)C1CCCN1C(=O)OCC(F)(F)F. The van der Waals surface area contributed by atoms with Gasteiger partial charge in [0, 0.05) is 6.54 Å². The molecule has 0 aromatic rings. The Hall–Kier alpha value is -2.00. The summed E-state index contributed by atoms with van der Waals surface area (Å²) < 4.78 is 44.4. The van der Waals surface area contributed by atoms with Crippen LogP contribution >= 0.6 is 0 Å². The van der Waals surface area contributed by atoms with E-state index in [2.05, 4.69) is 14.8 Å². The van der Waals surface area contributed by atoms with Crippen molar-refractivity contribution in [2.24, 2.45) is 0 Å². The van der Waals surface area contributed by atoms with Gasteiger partial charge >= 0.3 is 18.2 Å². The van der Waals surface area contributed by atoms with Crippen molar-refractivity contribution in [1.82, 2.24) is 10.2 Å². The third-order valence-corrected chi connectivity index (χ3v) is 2.78. The zero-order chi connectivity index (χ0) is 16.0. The third kappa shape index (κ3) is 5.48. The molecule has 120 valence electrons. The predicted octanol–water partition coefficient (Wildman–Crippen LogP) is 0.439. The van der Waals surface area contributed by atoms with Gasteiger partial charge < -0.3 is 14.8 Å². The molecule has 0 saturated carbocycles. The van der Waals surface area contributed by atoms with E-state index in [1.807, 2.05) is 0 Å². The molecule has 0 aromatic carbocycles. The van der Waals surface area contributed by atoms with E-state index in [0.717, 1.165) is 12.0 Å². The van der Waals surface area contributed by atoms with Gasteiger partial charge in [0.2, 0.25) is 5.91 Å². The lowest BCUT2D eigenvalue weighted by atomic mass is 10.2. The Kier molecular flexibility index (Phi) is 5.79. The minimum absolute atomic E-state index is 0.118. The summed E-state index contributed by atoms with van der Waals surface area (Å²) in [4.78, 5) is 35.1. The Morgan fingerprint density at radius 3 is 2.57 bits per heavy atom. The first-order valence-electron chi connectivity index (χ1n) is 6.09. The topological polar surface area (TPSA) is 84.9 Å². The Morgan fingerprint density at radius 1 is 1.33 bits per heavy atom. The van der Waals surface area contributed by atoms with Crippen LogP contribution in [-0.2, 0) is 19.1 Å². The minimum Gasteiger partial charge on any atom is -0.468 e. The zero-order valence-electron chi connectivity index (χ0n) is 11.2. The van der Waals surface area contributed by atoms with E-state index in [-0.39, 0.29) is 19.5 Å². The van der Waals surface area contributed by atoms with Crippen LogP contribution in [0.15, 0.2) is 0 Å². The van der Waals surface area contributed by atoms with E-state index in [9.17, 15) is 27.6 Å². The Labute approximate surface area is 118 Å². The van der Waals surface area contributed by atoms with Crippen LogP contribution < -0.4 is 5.32 Å². The summed E-state index contributed by atoms with van der Waals surface area (Å²) in [6, 6.07) is -0.949. The molecule has 21 heavy (non-hydrogen) atoms. The number of nitrogens with one attached hydrogen (secondary N) is 1. The number of likely N-dealkylation sites (tertiary alicyclic amines) is 1. The average Bonchev–Trinajstić information content (AvgIpc) is 2.90. The van der Waals surface area contributed by atoms with Gasteiger partial charge in [-0.2, -0.15) is 13.2 Å². The molecule has 0 radical (unpaired) electrons. The molecular weight excluding hydrogens is 297 g/mol. The zero-order valence-corrected chi connectivity index (χ0v) is 11.2. The van der Waals surface area contributed by atoms with Gasteiger partial charge in [0.25, 0.3) is 0 Å². The van der Waals surface area contributed by atoms with Crippen LogP contribution in [0.25, 0.3) is 0 Å². The van der Waals surface area contributed by atoms with Gasteiger partial charge in [0.05, 0.1) is 7.11 Å². The van der Waals surface area contributed by atoms with Crippen LogP contribution in [0.1, 0.15) is 12.8 Å². The molecule has 1 N–H and O–H groups in total. The van der Waals surface area contributed by atoms with Gasteiger partial charge in [-0.15, -0.1) is 0 Å². The van der Waals surface area contributed by atoms with E-state index in [1.54, 1.807) is 0 Å².